The summed E-state index contributed by atoms with van der Waals surface area (Å²) in [6.45, 7) is 1.74. The van der Waals surface area contributed by atoms with Gasteiger partial charge >= 0.3 is 29.6 Å². The van der Waals surface area contributed by atoms with Gasteiger partial charge in [-0.1, -0.05) is 51.9 Å². The Balaban J connectivity index is 0.00000529. The number of carboxylic acids is 1. The van der Waals surface area contributed by atoms with Gasteiger partial charge in [0.1, 0.15) is 0 Å². The van der Waals surface area contributed by atoms with Gasteiger partial charge in [-0.15, -0.1) is 0 Å². The van der Waals surface area contributed by atoms with Crippen molar-refractivity contribution in [2.75, 3.05) is 6.54 Å². The molecule has 0 saturated heterocycles. The van der Waals surface area contributed by atoms with Crippen LogP contribution in [-0.2, 0) is 11.2 Å². The molecule has 1 amide bonds. The molecule has 1 heterocycles. The van der Waals surface area contributed by atoms with E-state index >= 15 is 0 Å². The largest absolute Gasteiger partial charge is 1.00 e. The predicted octanol–water partition coefficient (Wildman–Crippen LogP) is -0.751. The first kappa shape index (κ1) is 23.1. The molecule has 0 unspecified atom stereocenters. The maximum atomic E-state index is 11.6. The van der Waals surface area contributed by atoms with Crippen molar-refractivity contribution in [3.8, 4) is 0 Å². The molecule has 0 spiro atoms. The third-order valence-electron chi connectivity index (χ3n) is 3.77. The normalized spacial score (nSPS) is 10.0. The molecule has 24 heavy (non-hydrogen) atoms. The van der Waals surface area contributed by atoms with E-state index in [9.17, 15) is 14.7 Å². The van der Waals surface area contributed by atoms with Gasteiger partial charge < -0.3 is 15.2 Å². The Morgan fingerprint density at radius 2 is 1.67 bits per heavy atom. The van der Waals surface area contributed by atoms with Crippen molar-refractivity contribution in [3.63, 3.8) is 0 Å². The first-order chi connectivity index (χ1) is 11.1. The van der Waals surface area contributed by atoms with Crippen LogP contribution in [0.5, 0.6) is 0 Å². The van der Waals surface area contributed by atoms with E-state index < -0.39 is 18.4 Å². The fraction of sp³-hybridized carbons (Fsp3) is 0.611. The molecule has 0 aliphatic carbocycles. The van der Waals surface area contributed by atoms with Crippen LogP contribution in [0.4, 0.5) is 0 Å². The minimum absolute atomic E-state index is 0. The van der Waals surface area contributed by atoms with Gasteiger partial charge in [0, 0.05) is 11.9 Å². The number of hydrogen-bond acceptors (Lipinski definition) is 4. The number of nitrogens with zero attached hydrogens (tertiary/aromatic N) is 1. The number of carbonyl (C=O) groups excluding carboxylic acids is 2. The van der Waals surface area contributed by atoms with E-state index in [2.05, 4.69) is 17.2 Å². The topological polar surface area (TPSA) is 82.1 Å². The molecular formula is C18H27N2NaO3. The number of carbonyl (C=O) groups is 2. The summed E-state index contributed by atoms with van der Waals surface area (Å²) in [6, 6.07) is 3.51. The quantitative estimate of drug-likeness (QED) is 0.400. The van der Waals surface area contributed by atoms with Crippen molar-refractivity contribution < 1.29 is 44.3 Å². The number of unbranched alkanes of at least 4 members (excludes halogenated alkanes) is 7. The van der Waals surface area contributed by atoms with Crippen LogP contribution in [0.1, 0.15) is 74.3 Å². The van der Waals surface area contributed by atoms with Crippen molar-refractivity contribution in [2.45, 2.75) is 64.7 Å². The van der Waals surface area contributed by atoms with E-state index in [4.69, 9.17) is 0 Å². The number of rotatable bonds is 12. The zero-order valence-corrected chi connectivity index (χ0v) is 17.0. The number of amides is 1. The second kappa shape index (κ2) is 14.4. The first-order valence-corrected chi connectivity index (χ1v) is 8.56. The Labute approximate surface area is 166 Å². The molecule has 1 N–H and O–H groups in total. The average Bonchev–Trinajstić information content (AvgIpc) is 2.55. The maximum Gasteiger partial charge on any atom is 1.00 e. The van der Waals surface area contributed by atoms with E-state index in [0.29, 0.717) is 5.56 Å². The third-order valence-corrected chi connectivity index (χ3v) is 3.77. The van der Waals surface area contributed by atoms with Gasteiger partial charge in [0.15, 0.2) is 0 Å². The van der Waals surface area contributed by atoms with Gasteiger partial charge in [0.2, 0.25) is 0 Å². The van der Waals surface area contributed by atoms with Crippen molar-refractivity contribution >= 4 is 11.9 Å². The molecule has 0 aromatic carbocycles. The van der Waals surface area contributed by atoms with Gasteiger partial charge in [-0.05, 0) is 25.0 Å². The van der Waals surface area contributed by atoms with Crippen molar-refractivity contribution in [1.82, 2.24) is 10.3 Å². The fourth-order valence-electron chi connectivity index (χ4n) is 2.40. The molecule has 1 rings (SSSR count). The van der Waals surface area contributed by atoms with Crippen LogP contribution in [0.15, 0.2) is 18.3 Å². The van der Waals surface area contributed by atoms with Gasteiger partial charge in [0.25, 0.3) is 5.91 Å². The van der Waals surface area contributed by atoms with Crippen molar-refractivity contribution in [3.05, 3.63) is 29.6 Å². The summed E-state index contributed by atoms with van der Waals surface area (Å²) >= 11 is 0. The predicted molar refractivity (Wildman–Crippen MR) is 87.9 cm³/mol. The average molecular weight is 342 g/mol. The molecule has 0 aliphatic rings. The zero-order chi connectivity index (χ0) is 16.9. The molecular weight excluding hydrogens is 315 g/mol. The Kier molecular flexibility index (Phi) is 13.9. The molecule has 5 nitrogen and oxygen atoms in total. The Hall–Kier alpha value is -0.910. The number of aromatic nitrogens is 1. The van der Waals surface area contributed by atoms with E-state index in [1.165, 1.54) is 51.1 Å². The fourth-order valence-corrected chi connectivity index (χ4v) is 2.40. The molecule has 0 radical (unpaired) electrons. The SMILES string of the molecule is CCCCCCCCCCc1ccc(C(=O)NCC(=O)[O-])cn1.[Na+]. The summed E-state index contributed by atoms with van der Waals surface area (Å²) in [5.41, 5.74) is 1.33. The minimum Gasteiger partial charge on any atom is -0.548 e. The van der Waals surface area contributed by atoms with Crippen LogP contribution in [0.2, 0.25) is 0 Å². The summed E-state index contributed by atoms with van der Waals surface area (Å²) in [6.07, 6.45) is 12.6. The van der Waals surface area contributed by atoms with Crippen LogP contribution in [0, 0.1) is 0 Å². The summed E-state index contributed by atoms with van der Waals surface area (Å²) in [5.74, 6) is -1.75. The molecule has 0 atom stereocenters. The number of carboxylic acid groups (broad SMARTS) is 1. The second-order valence-corrected chi connectivity index (χ2v) is 5.82. The number of aliphatic carboxylic acids is 1. The number of aryl methyl sites for hydroxylation is 1. The Morgan fingerprint density at radius 1 is 1.04 bits per heavy atom. The Morgan fingerprint density at radius 3 is 2.21 bits per heavy atom. The molecule has 0 aliphatic heterocycles. The molecule has 0 saturated carbocycles. The summed E-state index contributed by atoms with van der Waals surface area (Å²) in [7, 11) is 0. The molecule has 1 aromatic heterocycles. The van der Waals surface area contributed by atoms with Gasteiger partial charge in [-0.3, -0.25) is 9.78 Å². The molecule has 0 fully saturated rings. The number of hydrogen-bond donors (Lipinski definition) is 1. The minimum atomic E-state index is -1.31. The monoisotopic (exact) mass is 342 g/mol. The van der Waals surface area contributed by atoms with E-state index in [1.807, 2.05) is 6.07 Å². The summed E-state index contributed by atoms with van der Waals surface area (Å²) < 4.78 is 0. The van der Waals surface area contributed by atoms with Crippen LogP contribution < -0.4 is 40.0 Å². The first-order valence-electron chi connectivity index (χ1n) is 8.56. The van der Waals surface area contributed by atoms with E-state index in [1.54, 1.807) is 6.07 Å². The standard InChI is InChI=1S/C18H28N2O3.Na/c1-2-3-4-5-6-7-8-9-10-16-12-11-15(13-19-16)18(23)20-14-17(21)22;/h11-13H,2-10,14H2,1H3,(H,20,23)(H,21,22);/q;+1/p-1. The summed E-state index contributed by atoms with van der Waals surface area (Å²) in [5, 5.41) is 12.6. The summed E-state index contributed by atoms with van der Waals surface area (Å²) in [4.78, 5) is 26.2. The van der Waals surface area contributed by atoms with Crippen molar-refractivity contribution in [2.24, 2.45) is 0 Å². The van der Waals surface area contributed by atoms with Crippen molar-refractivity contribution in [1.29, 1.82) is 0 Å². The van der Waals surface area contributed by atoms with Gasteiger partial charge in [-0.2, -0.15) is 0 Å². The van der Waals surface area contributed by atoms with Crippen LogP contribution in [0.3, 0.4) is 0 Å². The molecule has 0 bridgehead atoms. The van der Waals surface area contributed by atoms with E-state index in [0.717, 1.165) is 18.5 Å². The number of nitrogens with one attached hydrogen (secondary N) is 1. The molecule has 6 heteroatoms. The third kappa shape index (κ3) is 10.8. The van der Waals surface area contributed by atoms with Gasteiger partial charge in [0.05, 0.1) is 18.1 Å². The van der Waals surface area contributed by atoms with Crippen LogP contribution in [0.25, 0.3) is 0 Å². The smallest absolute Gasteiger partial charge is 0.548 e. The van der Waals surface area contributed by atoms with Crippen LogP contribution >= 0.6 is 0 Å². The second-order valence-electron chi connectivity index (χ2n) is 5.82. The van der Waals surface area contributed by atoms with E-state index in [-0.39, 0.29) is 29.6 Å². The number of pyridine rings is 1. The maximum absolute atomic E-state index is 11.6. The molecule has 1 aromatic rings. The molecule has 128 valence electrons. The Bertz CT molecular complexity index is 478. The van der Waals surface area contributed by atoms with Crippen LogP contribution in [-0.4, -0.2) is 23.4 Å². The van der Waals surface area contributed by atoms with Gasteiger partial charge in [-0.25, -0.2) is 0 Å². The zero-order valence-electron chi connectivity index (χ0n) is 15.0.